The van der Waals surface area contributed by atoms with E-state index in [1.54, 1.807) is 23.1 Å². The molecule has 1 heterocycles. The number of carbonyl (C=O) groups is 2. The van der Waals surface area contributed by atoms with Crippen LogP contribution in [0.5, 0.6) is 11.5 Å². The molecular formula is C27H33NO5. The quantitative estimate of drug-likeness (QED) is 0.355. The zero-order chi connectivity index (χ0) is 24.3. The predicted octanol–water partition coefficient (Wildman–Crippen LogP) is 5.22. The Bertz CT molecular complexity index is 1040. The molecule has 3 rings (SSSR count). The number of aliphatic hydroxyl groups is 1. The number of rotatable bonds is 7. The lowest BCUT2D eigenvalue weighted by Gasteiger charge is -2.26. The van der Waals surface area contributed by atoms with E-state index in [-0.39, 0.29) is 22.3 Å². The van der Waals surface area contributed by atoms with E-state index in [0.717, 1.165) is 24.0 Å². The number of benzene rings is 2. The average molecular weight is 452 g/mol. The molecule has 1 N–H and O–H groups in total. The number of ketones is 1. The second kappa shape index (κ2) is 9.69. The number of methoxy groups -OCH3 is 2. The Hall–Kier alpha value is -3.28. The van der Waals surface area contributed by atoms with Crippen molar-refractivity contribution < 1.29 is 24.2 Å². The third-order valence-electron chi connectivity index (χ3n) is 6.05. The fourth-order valence-corrected chi connectivity index (χ4v) is 4.17. The molecule has 0 radical (unpaired) electrons. The number of Topliss-reactive ketones (excluding diaryl/α,β-unsaturated/α-hetero) is 1. The summed E-state index contributed by atoms with van der Waals surface area (Å²) in [6.07, 6.45) is 1.63. The maximum atomic E-state index is 13.2. The number of amides is 1. The first-order chi connectivity index (χ1) is 15.6. The highest BCUT2D eigenvalue weighted by molar-refractivity contribution is 6.46. The van der Waals surface area contributed by atoms with Crippen molar-refractivity contribution in [3.05, 3.63) is 64.7 Å². The van der Waals surface area contributed by atoms with Gasteiger partial charge < -0.3 is 19.5 Å². The van der Waals surface area contributed by atoms with E-state index < -0.39 is 17.7 Å². The lowest BCUT2D eigenvalue weighted by molar-refractivity contribution is -0.139. The SMILES string of the molecule is CCCCN1C(=O)C(=O)/C(=C(/O)c2c(OC)cccc2OC)C1c1ccc(C(C)(C)C)cc1. The highest BCUT2D eigenvalue weighted by Gasteiger charge is 2.46. The van der Waals surface area contributed by atoms with Crippen LogP contribution in [0.2, 0.25) is 0 Å². The Kier molecular flexibility index (Phi) is 7.15. The maximum Gasteiger partial charge on any atom is 0.295 e. The van der Waals surface area contributed by atoms with Crippen LogP contribution >= 0.6 is 0 Å². The summed E-state index contributed by atoms with van der Waals surface area (Å²) < 4.78 is 10.9. The number of hydrogen-bond donors (Lipinski definition) is 1. The van der Waals surface area contributed by atoms with Crippen molar-refractivity contribution in [2.75, 3.05) is 20.8 Å². The minimum absolute atomic E-state index is 0.0344. The van der Waals surface area contributed by atoms with E-state index in [2.05, 4.69) is 20.8 Å². The summed E-state index contributed by atoms with van der Waals surface area (Å²) in [7, 11) is 2.96. The van der Waals surface area contributed by atoms with E-state index in [1.165, 1.54) is 14.2 Å². The van der Waals surface area contributed by atoms with Gasteiger partial charge in [0.15, 0.2) is 0 Å². The van der Waals surface area contributed by atoms with E-state index >= 15 is 0 Å². The van der Waals surface area contributed by atoms with Gasteiger partial charge >= 0.3 is 0 Å². The van der Waals surface area contributed by atoms with Gasteiger partial charge in [-0.2, -0.15) is 0 Å². The molecule has 1 fully saturated rings. The molecule has 6 nitrogen and oxygen atoms in total. The number of hydrogen-bond acceptors (Lipinski definition) is 5. The van der Waals surface area contributed by atoms with Gasteiger partial charge in [-0.25, -0.2) is 0 Å². The summed E-state index contributed by atoms with van der Waals surface area (Å²) in [5.74, 6) is -0.904. The van der Waals surface area contributed by atoms with Crippen molar-refractivity contribution in [2.45, 2.75) is 52.0 Å². The van der Waals surface area contributed by atoms with Gasteiger partial charge in [-0.05, 0) is 35.1 Å². The number of unbranched alkanes of at least 4 members (excludes halogenated alkanes) is 1. The Balaban J connectivity index is 2.24. The normalized spacial score (nSPS) is 18.0. The van der Waals surface area contributed by atoms with Gasteiger partial charge in [-0.1, -0.05) is 64.4 Å². The summed E-state index contributed by atoms with van der Waals surface area (Å²) in [5.41, 5.74) is 2.18. The van der Waals surface area contributed by atoms with E-state index in [4.69, 9.17) is 9.47 Å². The molecule has 0 aromatic heterocycles. The first-order valence-corrected chi connectivity index (χ1v) is 11.3. The molecular weight excluding hydrogens is 418 g/mol. The Labute approximate surface area is 195 Å². The molecule has 1 unspecified atom stereocenters. The fraction of sp³-hybridized carbons (Fsp3) is 0.407. The molecule has 2 aromatic rings. The molecule has 0 spiro atoms. The Morgan fingerprint density at radius 2 is 1.58 bits per heavy atom. The van der Waals surface area contributed by atoms with E-state index in [1.807, 2.05) is 31.2 Å². The standard InChI is InChI=1S/C27H33NO5/c1-7-8-16-28-23(17-12-14-18(15-13-17)27(2,3)4)22(25(30)26(28)31)24(29)21-19(32-5)10-9-11-20(21)33-6/h9-15,23,29H,7-8,16H2,1-6H3/b24-22+. The van der Waals surface area contributed by atoms with Crippen LogP contribution in [0.1, 0.15) is 63.3 Å². The molecule has 1 aliphatic rings. The van der Waals surface area contributed by atoms with Gasteiger partial charge in [0.25, 0.3) is 11.7 Å². The predicted molar refractivity (Wildman–Crippen MR) is 129 cm³/mol. The molecule has 33 heavy (non-hydrogen) atoms. The molecule has 2 aromatic carbocycles. The van der Waals surface area contributed by atoms with Crippen LogP contribution in [0, 0.1) is 0 Å². The summed E-state index contributed by atoms with van der Waals surface area (Å²) >= 11 is 0. The van der Waals surface area contributed by atoms with Crippen LogP contribution < -0.4 is 9.47 Å². The molecule has 6 heteroatoms. The molecule has 1 amide bonds. The first kappa shape index (κ1) is 24.4. The molecule has 176 valence electrons. The minimum atomic E-state index is -0.707. The Morgan fingerprint density at radius 3 is 2.06 bits per heavy atom. The summed E-state index contributed by atoms with van der Waals surface area (Å²) in [5, 5.41) is 11.4. The molecule has 1 saturated heterocycles. The fourth-order valence-electron chi connectivity index (χ4n) is 4.17. The average Bonchev–Trinajstić information content (AvgIpc) is 3.05. The number of aliphatic hydroxyl groups excluding tert-OH is 1. The van der Waals surface area contributed by atoms with Crippen molar-refractivity contribution in [1.29, 1.82) is 0 Å². The Morgan fingerprint density at radius 1 is 1.00 bits per heavy atom. The maximum absolute atomic E-state index is 13.2. The van der Waals surface area contributed by atoms with Gasteiger partial charge in [0, 0.05) is 6.54 Å². The molecule has 0 saturated carbocycles. The van der Waals surface area contributed by atoms with Gasteiger partial charge in [-0.3, -0.25) is 9.59 Å². The second-order valence-electron chi connectivity index (χ2n) is 9.26. The second-order valence-corrected chi connectivity index (χ2v) is 9.26. The minimum Gasteiger partial charge on any atom is -0.506 e. The highest BCUT2D eigenvalue weighted by atomic mass is 16.5. The van der Waals surface area contributed by atoms with Crippen molar-refractivity contribution in [3.8, 4) is 11.5 Å². The van der Waals surface area contributed by atoms with Gasteiger partial charge in [0.2, 0.25) is 0 Å². The van der Waals surface area contributed by atoms with Crippen molar-refractivity contribution >= 4 is 17.4 Å². The van der Waals surface area contributed by atoms with Crippen LogP contribution in [0.3, 0.4) is 0 Å². The number of carbonyl (C=O) groups excluding carboxylic acids is 2. The first-order valence-electron chi connectivity index (χ1n) is 11.3. The lowest BCUT2D eigenvalue weighted by Crippen LogP contribution is -2.30. The molecule has 1 atom stereocenters. The van der Waals surface area contributed by atoms with E-state index in [9.17, 15) is 14.7 Å². The monoisotopic (exact) mass is 451 g/mol. The van der Waals surface area contributed by atoms with Gasteiger partial charge in [0.1, 0.15) is 22.8 Å². The van der Waals surface area contributed by atoms with Crippen molar-refractivity contribution in [2.24, 2.45) is 0 Å². The van der Waals surface area contributed by atoms with Gasteiger partial charge in [0.05, 0.1) is 25.8 Å². The van der Waals surface area contributed by atoms with Crippen molar-refractivity contribution in [3.63, 3.8) is 0 Å². The van der Waals surface area contributed by atoms with Crippen LogP contribution in [-0.2, 0) is 15.0 Å². The van der Waals surface area contributed by atoms with E-state index in [0.29, 0.717) is 18.0 Å². The summed E-state index contributed by atoms with van der Waals surface area (Å²) in [6.45, 7) is 8.84. The third-order valence-corrected chi connectivity index (χ3v) is 6.05. The largest absolute Gasteiger partial charge is 0.506 e. The smallest absolute Gasteiger partial charge is 0.295 e. The summed E-state index contributed by atoms with van der Waals surface area (Å²) in [4.78, 5) is 27.8. The van der Waals surface area contributed by atoms with Crippen LogP contribution in [0.4, 0.5) is 0 Å². The van der Waals surface area contributed by atoms with Gasteiger partial charge in [-0.15, -0.1) is 0 Å². The third kappa shape index (κ3) is 4.61. The number of ether oxygens (including phenoxy) is 2. The van der Waals surface area contributed by atoms with Crippen LogP contribution in [0.25, 0.3) is 5.76 Å². The molecule has 0 aliphatic carbocycles. The van der Waals surface area contributed by atoms with Crippen LogP contribution in [-0.4, -0.2) is 42.5 Å². The zero-order valence-corrected chi connectivity index (χ0v) is 20.3. The summed E-state index contributed by atoms with van der Waals surface area (Å²) in [6, 6.07) is 12.3. The highest BCUT2D eigenvalue weighted by Crippen LogP contribution is 2.43. The topological polar surface area (TPSA) is 76.1 Å². The molecule has 0 bridgehead atoms. The van der Waals surface area contributed by atoms with Crippen molar-refractivity contribution in [1.82, 2.24) is 4.90 Å². The lowest BCUT2D eigenvalue weighted by atomic mass is 9.85. The number of nitrogens with zero attached hydrogens (tertiary/aromatic N) is 1. The zero-order valence-electron chi connectivity index (χ0n) is 20.3. The van der Waals surface area contributed by atoms with Crippen LogP contribution in [0.15, 0.2) is 48.0 Å². The number of likely N-dealkylation sites (tertiary alicyclic amines) is 1. The molecule has 1 aliphatic heterocycles.